The Labute approximate surface area is 152 Å². The molecule has 0 fully saturated rings. The lowest BCUT2D eigenvalue weighted by Gasteiger charge is -2.05. The lowest BCUT2D eigenvalue weighted by molar-refractivity contribution is -0.141. The van der Waals surface area contributed by atoms with E-state index in [1.165, 1.54) is 0 Å². The highest BCUT2D eigenvalue weighted by molar-refractivity contribution is 5.99. The Bertz CT molecular complexity index is 1010. The van der Waals surface area contributed by atoms with Gasteiger partial charge < -0.3 is 13.7 Å². The van der Waals surface area contributed by atoms with Crippen molar-refractivity contribution in [3.05, 3.63) is 58.1 Å². The normalized spacial score (nSPS) is 11.1. The molecule has 0 bridgehead atoms. The van der Waals surface area contributed by atoms with Gasteiger partial charge in [0.25, 0.3) is 0 Å². The SMILES string of the molecule is Cc1cc2occ(CC(=O)OCC(=O)c3cc(C)n(C)c3C)c2cc1C. The van der Waals surface area contributed by atoms with E-state index in [0.717, 1.165) is 39.0 Å². The summed E-state index contributed by atoms with van der Waals surface area (Å²) in [5, 5.41) is 0.908. The molecule has 0 aliphatic heterocycles. The van der Waals surface area contributed by atoms with Gasteiger partial charge in [-0.25, -0.2) is 0 Å². The standard InChI is InChI=1S/C21H23NO4/c1-12-6-18-16(10-25-20(18)7-13(12)2)9-21(24)26-11-19(23)17-8-14(3)22(5)15(17)4/h6-8,10H,9,11H2,1-5H3. The van der Waals surface area contributed by atoms with Crippen LogP contribution in [-0.2, 0) is 23.0 Å². The Balaban J connectivity index is 1.67. The fourth-order valence-corrected chi connectivity index (χ4v) is 3.04. The van der Waals surface area contributed by atoms with Gasteiger partial charge in [-0.05, 0) is 57.0 Å². The Hall–Kier alpha value is -2.82. The van der Waals surface area contributed by atoms with Crippen LogP contribution < -0.4 is 0 Å². The number of esters is 1. The van der Waals surface area contributed by atoms with Crippen molar-refractivity contribution in [3.8, 4) is 0 Å². The maximum atomic E-state index is 12.3. The van der Waals surface area contributed by atoms with Gasteiger partial charge in [0.2, 0.25) is 5.78 Å². The molecule has 0 aliphatic rings. The van der Waals surface area contributed by atoms with E-state index in [2.05, 4.69) is 0 Å². The average molecular weight is 353 g/mol. The van der Waals surface area contributed by atoms with Crippen molar-refractivity contribution in [2.24, 2.45) is 7.05 Å². The van der Waals surface area contributed by atoms with Crippen LogP contribution in [0.25, 0.3) is 11.0 Å². The highest BCUT2D eigenvalue weighted by Crippen LogP contribution is 2.25. The Morgan fingerprint density at radius 1 is 1.08 bits per heavy atom. The highest BCUT2D eigenvalue weighted by atomic mass is 16.5. The number of rotatable bonds is 5. The molecular weight excluding hydrogens is 330 g/mol. The number of carbonyl (C=O) groups is 2. The molecule has 0 saturated carbocycles. The zero-order valence-electron chi connectivity index (χ0n) is 15.8. The van der Waals surface area contributed by atoms with Crippen LogP contribution in [0.2, 0.25) is 0 Å². The summed E-state index contributed by atoms with van der Waals surface area (Å²) in [6.45, 7) is 7.60. The monoisotopic (exact) mass is 353 g/mol. The number of hydrogen-bond donors (Lipinski definition) is 0. The molecule has 0 N–H and O–H groups in total. The molecule has 0 spiro atoms. The topological polar surface area (TPSA) is 61.4 Å². The summed E-state index contributed by atoms with van der Waals surface area (Å²) in [7, 11) is 1.90. The van der Waals surface area contributed by atoms with Crippen molar-refractivity contribution in [3.63, 3.8) is 0 Å². The number of aryl methyl sites for hydroxylation is 3. The van der Waals surface area contributed by atoms with Crippen LogP contribution in [0, 0.1) is 27.7 Å². The lowest BCUT2D eigenvalue weighted by Crippen LogP contribution is -2.16. The second kappa shape index (κ2) is 6.83. The average Bonchev–Trinajstić information content (AvgIpc) is 3.09. The fraction of sp³-hybridized carbons (Fsp3) is 0.333. The fourth-order valence-electron chi connectivity index (χ4n) is 3.04. The second-order valence-electron chi connectivity index (χ2n) is 6.80. The molecule has 0 saturated heterocycles. The summed E-state index contributed by atoms with van der Waals surface area (Å²) < 4.78 is 12.7. The molecule has 0 radical (unpaired) electrons. The predicted molar refractivity (Wildman–Crippen MR) is 99.6 cm³/mol. The summed E-state index contributed by atoms with van der Waals surface area (Å²) >= 11 is 0. The van der Waals surface area contributed by atoms with E-state index in [-0.39, 0.29) is 18.8 Å². The zero-order chi connectivity index (χ0) is 19.0. The van der Waals surface area contributed by atoms with Gasteiger partial charge in [0.15, 0.2) is 6.61 Å². The summed E-state index contributed by atoms with van der Waals surface area (Å²) in [5.74, 6) is -0.632. The van der Waals surface area contributed by atoms with Gasteiger partial charge in [-0.3, -0.25) is 9.59 Å². The van der Waals surface area contributed by atoms with Gasteiger partial charge in [-0.1, -0.05) is 0 Å². The third kappa shape index (κ3) is 3.29. The largest absolute Gasteiger partial charge is 0.464 e. The third-order valence-electron chi connectivity index (χ3n) is 5.04. The molecule has 0 amide bonds. The van der Waals surface area contributed by atoms with Crippen LogP contribution in [0.4, 0.5) is 0 Å². The van der Waals surface area contributed by atoms with E-state index in [4.69, 9.17) is 9.15 Å². The number of ketones is 1. The smallest absolute Gasteiger partial charge is 0.310 e. The van der Waals surface area contributed by atoms with Gasteiger partial charge >= 0.3 is 5.97 Å². The minimum absolute atomic E-state index is 0.0789. The van der Waals surface area contributed by atoms with Gasteiger partial charge in [0, 0.05) is 34.9 Å². The van der Waals surface area contributed by atoms with Crippen molar-refractivity contribution in [2.45, 2.75) is 34.1 Å². The first-order valence-corrected chi connectivity index (χ1v) is 8.57. The molecular formula is C21H23NO4. The second-order valence-corrected chi connectivity index (χ2v) is 6.80. The minimum atomic E-state index is -0.440. The molecule has 0 atom stereocenters. The molecule has 3 rings (SSSR count). The molecule has 3 aromatic rings. The van der Waals surface area contributed by atoms with E-state index in [9.17, 15) is 9.59 Å². The van der Waals surface area contributed by atoms with E-state index >= 15 is 0 Å². The number of ether oxygens (including phenoxy) is 1. The first kappa shape index (κ1) is 18.0. The molecule has 2 heterocycles. The highest BCUT2D eigenvalue weighted by Gasteiger charge is 2.17. The van der Waals surface area contributed by atoms with Gasteiger partial charge in [0.1, 0.15) is 5.58 Å². The maximum Gasteiger partial charge on any atom is 0.310 e. The molecule has 5 heteroatoms. The van der Waals surface area contributed by atoms with Crippen LogP contribution in [0.1, 0.15) is 38.4 Å². The van der Waals surface area contributed by atoms with Crippen molar-refractivity contribution >= 4 is 22.7 Å². The van der Waals surface area contributed by atoms with E-state index in [1.807, 2.05) is 57.5 Å². The molecule has 1 aromatic carbocycles. The van der Waals surface area contributed by atoms with E-state index in [0.29, 0.717) is 5.56 Å². The van der Waals surface area contributed by atoms with Crippen molar-refractivity contribution in [1.82, 2.24) is 4.57 Å². The first-order valence-electron chi connectivity index (χ1n) is 8.57. The minimum Gasteiger partial charge on any atom is -0.464 e. The Morgan fingerprint density at radius 3 is 2.42 bits per heavy atom. The van der Waals surface area contributed by atoms with Crippen LogP contribution in [0.5, 0.6) is 0 Å². The van der Waals surface area contributed by atoms with E-state index < -0.39 is 5.97 Å². The van der Waals surface area contributed by atoms with Gasteiger partial charge in [0.05, 0.1) is 12.7 Å². The number of benzene rings is 1. The molecule has 0 aliphatic carbocycles. The van der Waals surface area contributed by atoms with Gasteiger partial charge in [-0.2, -0.15) is 0 Å². The van der Waals surface area contributed by atoms with Crippen molar-refractivity contribution < 1.29 is 18.7 Å². The van der Waals surface area contributed by atoms with Crippen LogP contribution >= 0.6 is 0 Å². The summed E-state index contributed by atoms with van der Waals surface area (Å²) in [6, 6.07) is 5.79. The van der Waals surface area contributed by atoms with Crippen molar-refractivity contribution in [2.75, 3.05) is 6.61 Å². The number of fused-ring (bicyclic) bond motifs is 1. The molecule has 136 valence electrons. The Morgan fingerprint density at radius 2 is 1.77 bits per heavy atom. The summed E-state index contributed by atoms with van der Waals surface area (Å²) in [4.78, 5) is 24.5. The van der Waals surface area contributed by atoms with E-state index in [1.54, 1.807) is 6.26 Å². The quantitative estimate of drug-likeness (QED) is 0.514. The Kier molecular flexibility index (Phi) is 4.72. The van der Waals surface area contributed by atoms with Crippen LogP contribution in [0.3, 0.4) is 0 Å². The number of carbonyl (C=O) groups excluding carboxylic acids is 2. The molecule has 0 unspecified atom stereocenters. The molecule has 5 nitrogen and oxygen atoms in total. The number of furan rings is 1. The number of aromatic nitrogens is 1. The molecule has 2 aromatic heterocycles. The maximum absolute atomic E-state index is 12.3. The predicted octanol–water partition coefficient (Wildman–Crippen LogP) is 3.97. The summed E-state index contributed by atoms with van der Waals surface area (Å²) in [6.07, 6.45) is 1.66. The number of nitrogens with zero attached hydrogens (tertiary/aromatic N) is 1. The summed E-state index contributed by atoms with van der Waals surface area (Å²) in [5.41, 5.74) is 6.26. The van der Waals surface area contributed by atoms with Gasteiger partial charge in [-0.15, -0.1) is 0 Å². The zero-order valence-corrected chi connectivity index (χ0v) is 15.8. The third-order valence-corrected chi connectivity index (χ3v) is 5.04. The van der Waals surface area contributed by atoms with Crippen LogP contribution in [0.15, 0.2) is 28.9 Å². The number of Topliss-reactive ketones (excluding diaryl/α,β-unsaturated/α-hetero) is 1. The van der Waals surface area contributed by atoms with Crippen molar-refractivity contribution in [1.29, 1.82) is 0 Å². The number of hydrogen-bond acceptors (Lipinski definition) is 4. The lowest BCUT2D eigenvalue weighted by atomic mass is 10.0. The van der Waals surface area contributed by atoms with Crippen LogP contribution in [-0.4, -0.2) is 22.9 Å². The first-order chi connectivity index (χ1) is 12.3. The molecule has 26 heavy (non-hydrogen) atoms.